The minimum atomic E-state index is -6.78. The van der Waals surface area contributed by atoms with Gasteiger partial charge in [-0.15, -0.1) is 0 Å². The van der Waals surface area contributed by atoms with E-state index in [0.717, 1.165) is 12.1 Å². The maximum atomic E-state index is 12.9. The normalized spacial score (nSPS) is 14.0. The Morgan fingerprint density at radius 3 is 1.86 bits per heavy atom. The van der Waals surface area contributed by atoms with Crippen molar-refractivity contribution in [1.82, 2.24) is 0 Å². The summed E-state index contributed by atoms with van der Waals surface area (Å²) >= 11 is 0. The molecule has 0 bridgehead atoms. The topological polar surface area (TPSA) is 63.6 Å². The van der Waals surface area contributed by atoms with E-state index in [9.17, 15) is 34.8 Å². The maximum absolute atomic E-state index is 12.9. The molecule has 1 rings (SSSR count). The molecule has 0 amide bonds. The Bertz CT molecular complexity index is 626. The van der Waals surface area contributed by atoms with E-state index in [2.05, 4.69) is 4.74 Å². The fourth-order valence-corrected chi connectivity index (χ4v) is 2.33. The van der Waals surface area contributed by atoms with Crippen molar-refractivity contribution >= 4 is 18.0 Å². The van der Waals surface area contributed by atoms with Crippen molar-refractivity contribution in [2.75, 3.05) is 0 Å². The number of hydrogen-bond donors (Lipinski definition) is 1. The predicted molar refractivity (Wildman–Crippen MR) is 62.9 cm³/mol. The van der Waals surface area contributed by atoms with E-state index in [1.807, 2.05) is 0 Å². The molecule has 0 spiro atoms. The van der Waals surface area contributed by atoms with Gasteiger partial charge in [0.25, 0.3) is 0 Å². The molecular formula is C10H7BF6O4S. The molecule has 2 radical (unpaired) electrons. The van der Waals surface area contributed by atoms with E-state index >= 15 is 0 Å². The zero-order chi connectivity index (χ0) is 17.4. The van der Waals surface area contributed by atoms with E-state index in [1.165, 1.54) is 6.07 Å². The summed E-state index contributed by atoms with van der Waals surface area (Å²) < 4.78 is 111. The van der Waals surface area contributed by atoms with Crippen LogP contribution in [0.3, 0.4) is 0 Å². The summed E-state index contributed by atoms with van der Waals surface area (Å²) in [7, 11) is -1.64. The minimum absolute atomic E-state index is 0.316. The predicted octanol–water partition coefficient (Wildman–Crippen LogP) is 2.44. The van der Waals surface area contributed by atoms with Crippen LogP contribution in [0.15, 0.2) is 24.3 Å². The average molecular weight is 348 g/mol. The lowest BCUT2D eigenvalue weighted by molar-refractivity contribution is -0.322. The van der Waals surface area contributed by atoms with Gasteiger partial charge < -0.3 is 4.74 Å². The summed E-state index contributed by atoms with van der Waals surface area (Å²) in [6.45, 7) is 0. The number of halogens is 6. The fourth-order valence-electron chi connectivity index (χ4n) is 1.55. The highest BCUT2D eigenvalue weighted by Gasteiger charge is 2.82. The lowest BCUT2D eigenvalue weighted by Crippen LogP contribution is -2.65. The first-order valence-electron chi connectivity index (χ1n) is 5.35. The van der Waals surface area contributed by atoms with Crippen LogP contribution in [0.1, 0.15) is 5.56 Å². The quantitative estimate of drug-likeness (QED) is 0.516. The summed E-state index contributed by atoms with van der Waals surface area (Å²) in [6.07, 6.45) is -13.5. The zero-order valence-electron chi connectivity index (χ0n) is 10.4. The van der Waals surface area contributed by atoms with E-state index in [4.69, 9.17) is 12.4 Å². The third kappa shape index (κ3) is 3.02. The van der Waals surface area contributed by atoms with Gasteiger partial charge in [-0.05, 0) is 11.6 Å². The van der Waals surface area contributed by atoms with Gasteiger partial charge in [0.15, 0.2) is 0 Å². The van der Waals surface area contributed by atoms with E-state index < -0.39 is 39.5 Å². The molecule has 0 aromatic heterocycles. The summed E-state index contributed by atoms with van der Waals surface area (Å²) in [5, 5.41) is 0. The molecule has 1 N–H and O–H groups in total. The molecule has 0 aliphatic rings. The number of alkyl halides is 6. The average Bonchev–Trinajstić information content (AvgIpc) is 2.31. The van der Waals surface area contributed by atoms with Gasteiger partial charge in [-0.25, -0.2) is 0 Å². The van der Waals surface area contributed by atoms with Gasteiger partial charge in [-0.3, -0.25) is 4.55 Å². The van der Waals surface area contributed by atoms with E-state index in [0.29, 0.717) is 6.07 Å². The summed E-state index contributed by atoms with van der Waals surface area (Å²) in [4.78, 5) is -5.82. The summed E-state index contributed by atoms with van der Waals surface area (Å²) in [5.74, 6) is -1.07. The Hall–Kier alpha value is -1.43. The molecule has 0 saturated heterocycles. The minimum Gasteiger partial charge on any atom is -0.454 e. The van der Waals surface area contributed by atoms with Crippen LogP contribution in [0.2, 0.25) is 0 Å². The fraction of sp³-hybridized carbons (Fsp3) is 0.400. The van der Waals surface area contributed by atoms with Crippen molar-refractivity contribution in [2.45, 2.75) is 23.6 Å². The lowest BCUT2D eigenvalue weighted by atomic mass is 9.96. The van der Waals surface area contributed by atoms with Crippen LogP contribution in [-0.4, -0.2) is 38.1 Å². The summed E-state index contributed by atoms with van der Waals surface area (Å²) in [5.41, 5.74) is -0.316. The van der Waals surface area contributed by atoms with Crippen LogP contribution in [0.5, 0.6) is 5.75 Å². The standard InChI is InChI=1S/C10H7BF6O4S/c11-5-6-3-1-2-4-7(6)21-8(9(12,13)14,10(15,16)17)22(18,19)20/h1-4H,5H2,(H,18,19,20). The highest BCUT2D eigenvalue weighted by atomic mass is 32.2. The molecular weight excluding hydrogens is 341 g/mol. The van der Waals surface area contributed by atoms with Crippen LogP contribution < -0.4 is 4.74 Å². The Kier molecular flexibility index (Phi) is 4.78. The van der Waals surface area contributed by atoms with E-state index in [1.54, 1.807) is 0 Å². The van der Waals surface area contributed by atoms with Crippen LogP contribution in [0.4, 0.5) is 26.3 Å². The smallest absolute Gasteiger partial charge is 0.454 e. The molecule has 0 aliphatic heterocycles. The molecule has 0 fully saturated rings. The van der Waals surface area contributed by atoms with Crippen molar-refractivity contribution in [2.24, 2.45) is 0 Å². The molecule has 0 heterocycles. The van der Waals surface area contributed by atoms with Gasteiger partial charge in [-0.1, -0.05) is 24.5 Å². The van der Waals surface area contributed by atoms with Crippen molar-refractivity contribution in [3.05, 3.63) is 29.8 Å². The first kappa shape index (κ1) is 18.6. The third-order valence-corrected chi connectivity index (χ3v) is 3.83. The molecule has 0 atom stereocenters. The van der Waals surface area contributed by atoms with E-state index in [-0.39, 0.29) is 5.56 Å². The molecule has 0 aliphatic carbocycles. The number of ether oxygens (including phenoxy) is 1. The molecule has 12 heteroatoms. The van der Waals surface area contributed by atoms with Crippen molar-refractivity contribution in [1.29, 1.82) is 0 Å². The Morgan fingerprint density at radius 1 is 1.05 bits per heavy atom. The molecule has 4 nitrogen and oxygen atoms in total. The number of hydrogen-bond acceptors (Lipinski definition) is 3. The molecule has 0 saturated carbocycles. The van der Waals surface area contributed by atoms with Crippen LogP contribution >= 0.6 is 0 Å². The molecule has 122 valence electrons. The maximum Gasteiger partial charge on any atom is 0.456 e. The zero-order valence-corrected chi connectivity index (χ0v) is 11.3. The van der Waals surface area contributed by atoms with Crippen LogP contribution in [0, 0.1) is 0 Å². The second kappa shape index (κ2) is 5.65. The van der Waals surface area contributed by atoms with Gasteiger partial charge in [0.2, 0.25) is 0 Å². The molecule has 1 aromatic rings. The monoisotopic (exact) mass is 348 g/mol. The van der Waals surface area contributed by atoms with Gasteiger partial charge >= 0.3 is 27.4 Å². The Balaban J connectivity index is 3.66. The van der Waals surface area contributed by atoms with Gasteiger partial charge in [0.05, 0.1) is 7.85 Å². The number of para-hydroxylation sites is 1. The first-order valence-corrected chi connectivity index (χ1v) is 6.79. The van der Waals surface area contributed by atoms with Crippen molar-refractivity contribution in [3.8, 4) is 5.75 Å². The Labute approximate surface area is 122 Å². The SMILES string of the molecule is [B]Cc1ccccc1OC(C(F)(F)F)(C(F)(F)F)S(=O)(=O)O. The van der Waals surface area contributed by atoms with Gasteiger partial charge in [0, 0.05) is 0 Å². The molecule has 1 aromatic carbocycles. The van der Waals surface area contributed by atoms with Gasteiger partial charge in [-0.2, -0.15) is 34.8 Å². The summed E-state index contributed by atoms with van der Waals surface area (Å²) in [6, 6.07) is 3.96. The van der Waals surface area contributed by atoms with Crippen molar-refractivity contribution in [3.63, 3.8) is 0 Å². The van der Waals surface area contributed by atoms with Gasteiger partial charge in [0.1, 0.15) is 5.75 Å². The Morgan fingerprint density at radius 2 is 1.50 bits per heavy atom. The largest absolute Gasteiger partial charge is 0.456 e. The second-order valence-corrected chi connectivity index (χ2v) is 5.53. The second-order valence-electron chi connectivity index (χ2n) is 4.00. The van der Waals surface area contributed by atoms with Crippen LogP contribution in [0.25, 0.3) is 0 Å². The lowest BCUT2D eigenvalue weighted by Gasteiger charge is -2.34. The highest BCUT2D eigenvalue weighted by Crippen LogP contribution is 2.49. The first-order chi connectivity index (χ1) is 9.78. The highest BCUT2D eigenvalue weighted by molar-refractivity contribution is 7.87. The molecule has 22 heavy (non-hydrogen) atoms. The van der Waals surface area contributed by atoms with Crippen LogP contribution in [-0.2, 0) is 16.4 Å². The third-order valence-electron chi connectivity index (χ3n) is 2.56. The molecule has 0 unspecified atom stereocenters. The number of benzene rings is 1. The number of rotatable bonds is 4. The van der Waals surface area contributed by atoms with Crippen molar-refractivity contribution < 1.29 is 44.0 Å².